The van der Waals surface area contributed by atoms with Crippen LogP contribution in [0.15, 0.2) is 18.2 Å². The number of nitrogens with zero attached hydrogens (tertiary/aromatic N) is 1. The maximum atomic E-state index is 12.5. The number of carbonyl (C=O) groups is 1. The van der Waals surface area contributed by atoms with E-state index in [0.29, 0.717) is 25.2 Å². The molecule has 0 saturated carbocycles. The summed E-state index contributed by atoms with van der Waals surface area (Å²) >= 11 is 0. The predicted molar refractivity (Wildman–Crippen MR) is 62.7 cm³/mol. The normalized spacial score (nSPS) is 18.5. The molecule has 0 N–H and O–H groups in total. The number of ether oxygens (including phenoxy) is 2. The molecule has 1 aliphatic heterocycles. The van der Waals surface area contributed by atoms with Gasteiger partial charge in [-0.1, -0.05) is 0 Å². The van der Waals surface area contributed by atoms with E-state index in [-0.39, 0.29) is 6.61 Å². The molecule has 9 heteroatoms. The third-order valence-electron chi connectivity index (χ3n) is 2.90. The summed E-state index contributed by atoms with van der Waals surface area (Å²) in [6, 6.07) is 1.68. The minimum atomic E-state index is -4.73. The van der Waals surface area contributed by atoms with Gasteiger partial charge in [0.1, 0.15) is 11.7 Å². The largest absolute Gasteiger partial charge is 0.456 e. The smallest absolute Gasteiger partial charge is 0.416 e. The Morgan fingerprint density at radius 3 is 2.67 bits per heavy atom. The van der Waals surface area contributed by atoms with E-state index in [1.54, 1.807) is 0 Å². The average Bonchev–Trinajstić information content (AvgIpc) is 2.89. The Bertz CT molecular complexity index is 567. The van der Waals surface area contributed by atoms with Crippen molar-refractivity contribution in [2.75, 3.05) is 13.2 Å². The fraction of sp³-hybridized carbons (Fsp3) is 0.417. The van der Waals surface area contributed by atoms with Gasteiger partial charge in [0.05, 0.1) is 23.7 Å². The Morgan fingerprint density at radius 1 is 1.43 bits per heavy atom. The molecule has 0 spiro atoms. The SMILES string of the molecule is O=C(OC1CCOC1)c1ccc(C(F)(F)F)cc1[N+](=O)[O-]. The van der Waals surface area contributed by atoms with Crippen LogP contribution >= 0.6 is 0 Å². The van der Waals surface area contributed by atoms with E-state index in [0.717, 1.165) is 6.07 Å². The zero-order chi connectivity index (χ0) is 15.6. The minimum absolute atomic E-state index is 0.167. The van der Waals surface area contributed by atoms with E-state index < -0.39 is 40.0 Å². The molecule has 6 nitrogen and oxygen atoms in total. The van der Waals surface area contributed by atoms with E-state index >= 15 is 0 Å². The number of hydrogen-bond donors (Lipinski definition) is 0. The molecule has 0 bridgehead atoms. The van der Waals surface area contributed by atoms with Gasteiger partial charge in [0.25, 0.3) is 5.69 Å². The Morgan fingerprint density at radius 2 is 2.14 bits per heavy atom. The molecule has 0 aromatic heterocycles. The summed E-state index contributed by atoms with van der Waals surface area (Å²) in [6.45, 7) is 0.563. The van der Waals surface area contributed by atoms with Crippen LogP contribution in [-0.4, -0.2) is 30.2 Å². The van der Waals surface area contributed by atoms with Crippen molar-refractivity contribution >= 4 is 11.7 Å². The first-order valence-electron chi connectivity index (χ1n) is 5.93. The molecule has 0 amide bonds. The van der Waals surface area contributed by atoms with Crippen LogP contribution in [0.2, 0.25) is 0 Å². The molecule has 2 rings (SSSR count). The van der Waals surface area contributed by atoms with Crippen molar-refractivity contribution in [2.24, 2.45) is 0 Å². The summed E-state index contributed by atoms with van der Waals surface area (Å²) < 4.78 is 47.5. The molecule has 1 heterocycles. The van der Waals surface area contributed by atoms with Gasteiger partial charge in [-0.3, -0.25) is 10.1 Å². The fourth-order valence-corrected chi connectivity index (χ4v) is 1.85. The number of benzene rings is 1. The van der Waals surface area contributed by atoms with Gasteiger partial charge >= 0.3 is 12.1 Å². The highest BCUT2D eigenvalue weighted by Crippen LogP contribution is 2.33. The number of hydrogen-bond acceptors (Lipinski definition) is 5. The van der Waals surface area contributed by atoms with Gasteiger partial charge in [0, 0.05) is 12.5 Å². The van der Waals surface area contributed by atoms with Crippen molar-refractivity contribution in [1.82, 2.24) is 0 Å². The highest BCUT2D eigenvalue weighted by Gasteiger charge is 2.34. The molecular weight excluding hydrogens is 295 g/mol. The van der Waals surface area contributed by atoms with Crippen LogP contribution < -0.4 is 0 Å². The third-order valence-corrected chi connectivity index (χ3v) is 2.90. The Labute approximate surface area is 116 Å². The van der Waals surface area contributed by atoms with Crippen molar-refractivity contribution in [3.8, 4) is 0 Å². The Balaban J connectivity index is 2.29. The molecule has 1 unspecified atom stereocenters. The third kappa shape index (κ3) is 3.48. The maximum absolute atomic E-state index is 12.5. The van der Waals surface area contributed by atoms with Crippen LogP contribution in [-0.2, 0) is 15.7 Å². The second-order valence-corrected chi connectivity index (χ2v) is 4.38. The number of alkyl halides is 3. The predicted octanol–water partition coefficient (Wildman–Crippen LogP) is 2.56. The summed E-state index contributed by atoms with van der Waals surface area (Å²) in [4.78, 5) is 21.6. The number of esters is 1. The van der Waals surface area contributed by atoms with Gasteiger partial charge in [0.2, 0.25) is 0 Å². The van der Waals surface area contributed by atoms with Crippen LogP contribution in [0.3, 0.4) is 0 Å². The minimum Gasteiger partial charge on any atom is -0.456 e. The summed E-state index contributed by atoms with van der Waals surface area (Å²) in [6.07, 6.45) is -4.83. The Hall–Kier alpha value is -2.16. The topological polar surface area (TPSA) is 78.7 Å². The highest BCUT2D eigenvalue weighted by molar-refractivity contribution is 5.94. The van der Waals surface area contributed by atoms with E-state index in [4.69, 9.17) is 9.47 Å². The fourth-order valence-electron chi connectivity index (χ4n) is 1.85. The molecule has 0 aliphatic carbocycles. The monoisotopic (exact) mass is 305 g/mol. The number of carbonyl (C=O) groups excluding carboxylic acids is 1. The lowest BCUT2D eigenvalue weighted by Crippen LogP contribution is -2.19. The molecule has 1 aromatic rings. The van der Waals surface area contributed by atoms with Gasteiger partial charge in [-0.15, -0.1) is 0 Å². The summed E-state index contributed by atoms with van der Waals surface area (Å²) in [5, 5.41) is 10.8. The van der Waals surface area contributed by atoms with E-state index in [2.05, 4.69) is 0 Å². The zero-order valence-electron chi connectivity index (χ0n) is 10.6. The number of nitro benzene ring substituents is 1. The van der Waals surface area contributed by atoms with Gasteiger partial charge in [-0.05, 0) is 12.1 Å². The van der Waals surface area contributed by atoms with Gasteiger partial charge < -0.3 is 9.47 Å². The van der Waals surface area contributed by atoms with E-state index in [9.17, 15) is 28.1 Å². The molecule has 0 radical (unpaired) electrons. The van der Waals surface area contributed by atoms with E-state index in [1.807, 2.05) is 0 Å². The lowest BCUT2D eigenvalue weighted by molar-refractivity contribution is -0.385. The molecular formula is C12H10F3NO5. The quantitative estimate of drug-likeness (QED) is 0.487. The van der Waals surface area contributed by atoms with Crippen LogP contribution in [0.5, 0.6) is 0 Å². The molecule has 1 aromatic carbocycles. The van der Waals surface area contributed by atoms with Crippen LogP contribution in [0.25, 0.3) is 0 Å². The van der Waals surface area contributed by atoms with Crippen molar-refractivity contribution in [1.29, 1.82) is 0 Å². The summed E-state index contributed by atoms with van der Waals surface area (Å²) in [7, 11) is 0. The second kappa shape index (κ2) is 5.68. The van der Waals surface area contributed by atoms with Crippen molar-refractivity contribution in [2.45, 2.75) is 18.7 Å². The maximum Gasteiger partial charge on any atom is 0.416 e. The first-order chi connectivity index (χ1) is 9.79. The lowest BCUT2D eigenvalue weighted by Gasteiger charge is -2.11. The second-order valence-electron chi connectivity index (χ2n) is 4.38. The van der Waals surface area contributed by atoms with Crippen LogP contribution in [0, 0.1) is 10.1 Å². The van der Waals surface area contributed by atoms with Gasteiger partial charge in [-0.25, -0.2) is 4.79 Å². The van der Waals surface area contributed by atoms with Crippen molar-refractivity contribution < 1.29 is 32.4 Å². The zero-order valence-corrected chi connectivity index (χ0v) is 10.6. The summed E-state index contributed by atoms with van der Waals surface area (Å²) in [5.41, 5.74) is -2.65. The number of rotatable bonds is 3. The number of halogens is 3. The van der Waals surface area contributed by atoms with Crippen molar-refractivity contribution in [3.05, 3.63) is 39.4 Å². The average molecular weight is 305 g/mol. The molecule has 1 aliphatic rings. The first kappa shape index (κ1) is 15.2. The molecule has 1 atom stereocenters. The Kier molecular flexibility index (Phi) is 4.12. The molecule has 21 heavy (non-hydrogen) atoms. The van der Waals surface area contributed by atoms with Crippen molar-refractivity contribution in [3.63, 3.8) is 0 Å². The molecule has 1 fully saturated rings. The van der Waals surface area contributed by atoms with Crippen LogP contribution in [0.4, 0.5) is 18.9 Å². The van der Waals surface area contributed by atoms with Gasteiger partial charge in [-0.2, -0.15) is 13.2 Å². The first-order valence-corrected chi connectivity index (χ1v) is 5.93. The van der Waals surface area contributed by atoms with Crippen LogP contribution in [0.1, 0.15) is 22.3 Å². The molecule has 114 valence electrons. The number of nitro groups is 1. The summed E-state index contributed by atoms with van der Waals surface area (Å²) in [5.74, 6) is -1.04. The lowest BCUT2D eigenvalue weighted by atomic mass is 10.1. The molecule has 1 saturated heterocycles. The van der Waals surface area contributed by atoms with Gasteiger partial charge in [0.15, 0.2) is 0 Å². The standard InChI is InChI=1S/C12H10F3NO5/c13-12(14,15)7-1-2-9(10(5-7)16(18)19)11(17)21-8-3-4-20-6-8/h1-2,5,8H,3-4,6H2. The van der Waals surface area contributed by atoms with E-state index in [1.165, 1.54) is 0 Å². The highest BCUT2D eigenvalue weighted by atomic mass is 19.4.